The second kappa shape index (κ2) is 6.78. The van der Waals surface area contributed by atoms with Gasteiger partial charge in [-0.1, -0.05) is 60.2 Å². The summed E-state index contributed by atoms with van der Waals surface area (Å²) in [6, 6.07) is 24.6. The van der Waals surface area contributed by atoms with Crippen molar-refractivity contribution in [3.8, 4) is 17.6 Å². The molecule has 0 amide bonds. The third-order valence-electron chi connectivity index (χ3n) is 5.65. The third kappa shape index (κ3) is 2.66. The molecule has 5 heteroatoms. The first-order chi connectivity index (χ1) is 14.6. The lowest BCUT2D eigenvalue weighted by atomic mass is 9.82. The van der Waals surface area contributed by atoms with E-state index in [0.29, 0.717) is 11.5 Å². The van der Waals surface area contributed by atoms with Gasteiger partial charge < -0.3 is 10.5 Å². The Kier molecular flexibility index (Phi) is 4.07. The van der Waals surface area contributed by atoms with Gasteiger partial charge in [0.15, 0.2) is 0 Å². The van der Waals surface area contributed by atoms with Gasteiger partial charge in [-0.3, -0.25) is 0 Å². The van der Waals surface area contributed by atoms with Crippen LogP contribution in [0.4, 0.5) is 0 Å². The number of fused-ring (bicyclic) bond motifs is 2. The van der Waals surface area contributed by atoms with Crippen molar-refractivity contribution in [1.29, 1.82) is 5.26 Å². The maximum atomic E-state index is 9.94. The number of nitrogens with zero attached hydrogens (tertiary/aromatic N) is 3. The Hall–Kier alpha value is -4.04. The molecule has 0 aliphatic carbocycles. The highest BCUT2D eigenvalue weighted by atomic mass is 16.5. The molecule has 30 heavy (non-hydrogen) atoms. The van der Waals surface area contributed by atoms with E-state index in [-0.39, 0.29) is 11.8 Å². The Morgan fingerprint density at radius 1 is 1.00 bits per heavy atom. The van der Waals surface area contributed by atoms with Crippen LogP contribution in [0.3, 0.4) is 0 Å². The third-order valence-corrected chi connectivity index (χ3v) is 5.65. The zero-order chi connectivity index (χ0) is 20.8. The number of nitrogens with two attached hydrogens (primary N) is 1. The molecule has 5 nitrogen and oxygen atoms in total. The summed E-state index contributed by atoms with van der Waals surface area (Å²) in [6.45, 7) is 3.99. The van der Waals surface area contributed by atoms with E-state index < -0.39 is 0 Å². The molecule has 4 aromatic rings. The van der Waals surface area contributed by atoms with Gasteiger partial charge in [-0.2, -0.15) is 10.4 Å². The normalized spacial score (nSPS) is 15.6. The smallest absolute Gasteiger partial charge is 0.229 e. The Balaban J connectivity index is 1.79. The van der Waals surface area contributed by atoms with Crippen LogP contribution in [-0.2, 0) is 0 Å². The molecule has 1 aliphatic heterocycles. The van der Waals surface area contributed by atoms with Crippen molar-refractivity contribution in [2.75, 3.05) is 0 Å². The van der Waals surface area contributed by atoms with Crippen LogP contribution in [0.1, 0.15) is 28.3 Å². The van der Waals surface area contributed by atoms with E-state index >= 15 is 0 Å². The quantitative estimate of drug-likeness (QED) is 0.528. The van der Waals surface area contributed by atoms with Gasteiger partial charge in [0.25, 0.3) is 0 Å². The molecule has 1 aromatic heterocycles. The predicted octanol–water partition coefficient (Wildman–Crippen LogP) is 4.86. The summed E-state index contributed by atoms with van der Waals surface area (Å²) < 4.78 is 7.74. The van der Waals surface area contributed by atoms with Crippen LogP contribution in [0.5, 0.6) is 5.88 Å². The minimum Gasteiger partial charge on any atom is -0.422 e. The van der Waals surface area contributed by atoms with Crippen LogP contribution in [0.15, 0.2) is 78.2 Å². The number of hydrogen-bond donors (Lipinski definition) is 1. The SMILES string of the molecule is Cc1ccc(-n2nc(C)c3c2OC(N)=C(C#N)[C@H]3c2cccc3ccccc23)cc1. The number of hydrogen-bond acceptors (Lipinski definition) is 4. The highest BCUT2D eigenvalue weighted by Gasteiger charge is 2.36. The van der Waals surface area contributed by atoms with Crippen molar-refractivity contribution in [1.82, 2.24) is 9.78 Å². The molecule has 5 rings (SSSR count). The van der Waals surface area contributed by atoms with Gasteiger partial charge in [0.1, 0.15) is 11.6 Å². The molecule has 2 N–H and O–H groups in total. The highest BCUT2D eigenvalue weighted by Crippen LogP contribution is 2.46. The van der Waals surface area contributed by atoms with Crippen LogP contribution in [-0.4, -0.2) is 9.78 Å². The van der Waals surface area contributed by atoms with Crippen LogP contribution in [0, 0.1) is 25.2 Å². The number of nitriles is 1. The standard InChI is InChI=1S/C25H20N4O/c1-15-10-12-18(13-11-15)29-25-22(16(2)28-29)23(21(14-26)24(27)30-25)20-9-5-7-17-6-3-4-8-19(17)20/h3-13,23H,27H2,1-2H3/t23-/m1/s1. The average Bonchev–Trinajstić information content (AvgIpc) is 3.09. The minimum atomic E-state index is -0.343. The van der Waals surface area contributed by atoms with E-state index in [0.717, 1.165) is 38.8 Å². The molecule has 0 spiro atoms. The number of aromatic nitrogens is 2. The first-order valence-electron chi connectivity index (χ1n) is 9.80. The maximum absolute atomic E-state index is 9.94. The van der Waals surface area contributed by atoms with E-state index in [1.165, 1.54) is 0 Å². The monoisotopic (exact) mass is 392 g/mol. The molecule has 0 fully saturated rings. The zero-order valence-electron chi connectivity index (χ0n) is 16.8. The van der Waals surface area contributed by atoms with Crippen molar-refractivity contribution in [2.45, 2.75) is 19.8 Å². The van der Waals surface area contributed by atoms with Gasteiger partial charge in [-0.05, 0) is 42.3 Å². The molecular formula is C25H20N4O. The van der Waals surface area contributed by atoms with Crippen LogP contribution >= 0.6 is 0 Å². The summed E-state index contributed by atoms with van der Waals surface area (Å²) in [5, 5.41) is 16.9. The summed E-state index contributed by atoms with van der Waals surface area (Å²) in [5.74, 6) is 0.339. The van der Waals surface area contributed by atoms with Crippen molar-refractivity contribution in [2.24, 2.45) is 5.73 Å². The van der Waals surface area contributed by atoms with Crippen LogP contribution in [0.2, 0.25) is 0 Å². The van der Waals surface area contributed by atoms with E-state index in [4.69, 9.17) is 15.6 Å². The number of ether oxygens (including phenoxy) is 1. The second-order valence-corrected chi connectivity index (χ2v) is 7.54. The molecule has 0 saturated carbocycles. The molecule has 1 aliphatic rings. The Labute approximate surface area is 174 Å². The van der Waals surface area contributed by atoms with E-state index in [1.807, 2.05) is 56.3 Å². The summed E-state index contributed by atoms with van der Waals surface area (Å²) >= 11 is 0. The van der Waals surface area contributed by atoms with Crippen molar-refractivity contribution >= 4 is 10.8 Å². The summed E-state index contributed by atoms with van der Waals surface area (Å²) in [5.41, 5.74) is 11.4. The Morgan fingerprint density at radius 2 is 1.73 bits per heavy atom. The van der Waals surface area contributed by atoms with E-state index in [9.17, 15) is 5.26 Å². The predicted molar refractivity (Wildman–Crippen MR) is 116 cm³/mol. The molecule has 1 atom stereocenters. The van der Waals surface area contributed by atoms with Gasteiger partial charge in [0.2, 0.25) is 11.8 Å². The fourth-order valence-electron chi connectivity index (χ4n) is 4.19. The molecule has 2 heterocycles. The summed E-state index contributed by atoms with van der Waals surface area (Å²) in [7, 11) is 0. The average molecular weight is 392 g/mol. The Bertz CT molecular complexity index is 1350. The molecule has 146 valence electrons. The van der Waals surface area contributed by atoms with Gasteiger partial charge in [0.05, 0.1) is 22.9 Å². The number of aryl methyl sites for hydroxylation is 2. The number of rotatable bonds is 2. The first kappa shape index (κ1) is 18.0. The van der Waals surface area contributed by atoms with Crippen LogP contribution < -0.4 is 10.5 Å². The minimum absolute atomic E-state index is 0.121. The molecule has 0 radical (unpaired) electrons. The van der Waals surface area contributed by atoms with Crippen molar-refractivity contribution in [3.05, 3.63) is 101 Å². The van der Waals surface area contributed by atoms with Gasteiger partial charge in [-0.15, -0.1) is 0 Å². The fourth-order valence-corrected chi connectivity index (χ4v) is 4.19. The number of allylic oxidation sites excluding steroid dienone is 1. The largest absolute Gasteiger partial charge is 0.422 e. The second-order valence-electron chi connectivity index (χ2n) is 7.54. The molecule has 0 saturated heterocycles. The molecule has 3 aromatic carbocycles. The lowest BCUT2D eigenvalue weighted by Crippen LogP contribution is -2.22. The number of benzene rings is 3. The zero-order valence-corrected chi connectivity index (χ0v) is 16.8. The first-order valence-corrected chi connectivity index (χ1v) is 9.80. The Morgan fingerprint density at radius 3 is 2.50 bits per heavy atom. The van der Waals surface area contributed by atoms with Gasteiger partial charge >= 0.3 is 0 Å². The van der Waals surface area contributed by atoms with Gasteiger partial charge in [-0.25, -0.2) is 4.68 Å². The lowest BCUT2D eigenvalue weighted by molar-refractivity contribution is 0.367. The van der Waals surface area contributed by atoms with Crippen molar-refractivity contribution in [3.63, 3.8) is 0 Å². The highest BCUT2D eigenvalue weighted by molar-refractivity contribution is 5.87. The van der Waals surface area contributed by atoms with E-state index in [1.54, 1.807) is 4.68 Å². The fraction of sp³-hybridized carbons (Fsp3) is 0.120. The topological polar surface area (TPSA) is 76.9 Å². The molecule has 0 bridgehead atoms. The van der Waals surface area contributed by atoms with Gasteiger partial charge in [0, 0.05) is 0 Å². The summed E-state index contributed by atoms with van der Waals surface area (Å²) in [6.07, 6.45) is 0. The summed E-state index contributed by atoms with van der Waals surface area (Å²) in [4.78, 5) is 0. The van der Waals surface area contributed by atoms with Crippen LogP contribution in [0.25, 0.3) is 16.5 Å². The maximum Gasteiger partial charge on any atom is 0.229 e. The lowest BCUT2D eigenvalue weighted by Gasteiger charge is -2.25. The van der Waals surface area contributed by atoms with Crippen molar-refractivity contribution < 1.29 is 4.74 Å². The molecule has 0 unspecified atom stereocenters. The molecular weight excluding hydrogens is 372 g/mol. The van der Waals surface area contributed by atoms with E-state index in [2.05, 4.69) is 30.3 Å².